The normalized spacial score (nSPS) is 15.2. The van der Waals surface area contributed by atoms with Crippen LogP contribution in [0.5, 0.6) is 0 Å². The van der Waals surface area contributed by atoms with Crippen molar-refractivity contribution in [2.24, 2.45) is 0 Å². The summed E-state index contributed by atoms with van der Waals surface area (Å²) in [5, 5.41) is 17.1. The summed E-state index contributed by atoms with van der Waals surface area (Å²) in [6, 6.07) is 8.86. The number of hydrogen-bond donors (Lipinski definition) is 2. The van der Waals surface area contributed by atoms with Crippen LogP contribution in [0.15, 0.2) is 41.7 Å². The van der Waals surface area contributed by atoms with Crippen molar-refractivity contribution in [1.82, 2.24) is 25.1 Å². The Morgan fingerprint density at radius 2 is 1.91 bits per heavy atom. The van der Waals surface area contributed by atoms with Gasteiger partial charge in [-0.15, -0.1) is 0 Å². The van der Waals surface area contributed by atoms with Gasteiger partial charge in [0, 0.05) is 53.3 Å². The summed E-state index contributed by atoms with van der Waals surface area (Å²) in [4.78, 5) is 21.7. The van der Waals surface area contributed by atoms with E-state index in [9.17, 15) is 13.2 Å². The van der Waals surface area contributed by atoms with Crippen LogP contribution in [0.3, 0.4) is 0 Å². The van der Waals surface area contributed by atoms with E-state index < -0.39 is 16.4 Å². The van der Waals surface area contributed by atoms with Crippen LogP contribution in [-0.4, -0.2) is 70.4 Å². The molecule has 9 nitrogen and oxygen atoms in total. The lowest BCUT2D eigenvalue weighted by atomic mass is 9.89. The second-order valence-corrected chi connectivity index (χ2v) is 10.0. The second-order valence-electron chi connectivity index (χ2n) is 7.68. The molecule has 3 heterocycles. The van der Waals surface area contributed by atoms with Crippen molar-refractivity contribution in [3.8, 4) is 22.5 Å². The van der Waals surface area contributed by atoms with Crippen LogP contribution in [0.25, 0.3) is 22.5 Å². The van der Waals surface area contributed by atoms with Crippen LogP contribution in [-0.2, 0) is 14.6 Å². The Bertz CT molecular complexity index is 1240. The number of H-pyrrole nitrogens is 1. The van der Waals surface area contributed by atoms with Crippen molar-refractivity contribution in [3.05, 3.63) is 47.2 Å². The number of halogens is 1. The number of piperidine rings is 1. The highest BCUT2D eigenvalue weighted by Gasteiger charge is 2.29. The molecule has 1 saturated heterocycles. The lowest BCUT2D eigenvalue weighted by molar-refractivity contribution is -0.135. The molecule has 0 saturated carbocycles. The number of aromatic amines is 1. The number of likely N-dealkylation sites (tertiary alicyclic amines) is 1. The first-order valence-electron chi connectivity index (χ1n) is 10.0. The predicted molar refractivity (Wildman–Crippen MR) is 119 cm³/mol. The molecule has 0 bridgehead atoms. The van der Waals surface area contributed by atoms with Crippen molar-refractivity contribution in [1.29, 1.82) is 0 Å². The fraction of sp³-hybridized carbons (Fsp3) is 0.333. The number of aliphatic hydroxyl groups is 1. The number of carbonyl (C=O) groups excluding carboxylic acids is 1. The molecule has 1 aromatic carbocycles. The molecule has 2 aromatic heterocycles. The summed E-state index contributed by atoms with van der Waals surface area (Å²) < 4.78 is 24.1. The van der Waals surface area contributed by atoms with Gasteiger partial charge in [0.1, 0.15) is 12.3 Å². The number of amides is 1. The van der Waals surface area contributed by atoms with Crippen LogP contribution < -0.4 is 0 Å². The highest BCUT2D eigenvalue weighted by Crippen LogP contribution is 2.39. The van der Waals surface area contributed by atoms with Crippen LogP contribution in [0, 0.1) is 0 Å². The Balaban J connectivity index is 1.79. The maximum Gasteiger partial charge on any atom is 0.248 e. The van der Waals surface area contributed by atoms with E-state index in [0.29, 0.717) is 47.9 Å². The van der Waals surface area contributed by atoms with E-state index in [0.717, 1.165) is 17.5 Å². The first-order valence-corrected chi connectivity index (χ1v) is 12.3. The van der Waals surface area contributed by atoms with E-state index >= 15 is 0 Å². The van der Waals surface area contributed by atoms with Crippen LogP contribution in [0.2, 0.25) is 5.02 Å². The van der Waals surface area contributed by atoms with Crippen LogP contribution in [0.4, 0.5) is 0 Å². The lowest BCUT2D eigenvalue weighted by Gasteiger charge is -2.31. The van der Waals surface area contributed by atoms with E-state index in [4.69, 9.17) is 16.7 Å². The number of sulfone groups is 1. The number of hydrogen-bond acceptors (Lipinski definition) is 7. The van der Waals surface area contributed by atoms with E-state index in [1.807, 2.05) is 12.1 Å². The number of carbonyl (C=O) groups is 1. The van der Waals surface area contributed by atoms with E-state index in [-0.39, 0.29) is 17.0 Å². The summed E-state index contributed by atoms with van der Waals surface area (Å²) in [6.07, 6.45) is 3.83. The summed E-state index contributed by atoms with van der Waals surface area (Å²) >= 11 is 6.04. The van der Waals surface area contributed by atoms with E-state index in [1.54, 1.807) is 23.1 Å². The van der Waals surface area contributed by atoms with Crippen molar-refractivity contribution in [2.45, 2.75) is 23.9 Å². The van der Waals surface area contributed by atoms with Gasteiger partial charge >= 0.3 is 0 Å². The molecule has 0 spiro atoms. The van der Waals surface area contributed by atoms with Crippen LogP contribution >= 0.6 is 11.6 Å². The fourth-order valence-electron chi connectivity index (χ4n) is 3.90. The summed E-state index contributed by atoms with van der Waals surface area (Å²) in [5.41, 5.74) is 3.40. The monoisotopic (exact) mass is 475 g/mol. The first kappa shape index (κ1) is 22.4. The SMILES string of the molecule is CS(=O)(=O)c1nccc(-c2c(-c3ccc(Cl)cc3)n[nH]c2C2CCN(C(=O)CO)CC2)n1. The Hall–Kier alpha value is -2.82. The zero-order valence-electron chi connectivity index (χ0n) is 17.3. The first-order chi connectivity index (χ1) is 15.3. The average Bonchev–Trinajstić information content (AvgIpc) is 3.24. The molecule has 0 radical (unpaired) electrons. The molecule has 0 unspecified atom stereocenters. The van der Waals surface area contributed by atoms with Gasteiger partial charge in [-0.1, -0.05) is 23.7 Å². The average molecular weight is 476 g/mol. The summed E-state index contributed by atoms with van der Waals surface area (Å²) in [7, 11) is -3.60. The topological polar surface area (TPSA) is 129 Å². The Morgan fingerprint density at radius 3 is 2.53 bits per heavy atom. The highest BCUT2D eigenvalue weighted by molar-refractivity contribution is 7.90. The number of rotatable bonds is 5. The van der Waals surface area contributed by atoms with Crippen LogP contribution in [0.1, 0.15) is 24.5 Å². The molecule has 11 heteroatoms. The Labute approximate surface area is 190 Å². The van der Waals surface area contributed by atoms with Gasteiger partial charge < -0.3 is 10.0 Å². The summed E-state index contributed by atoms with van der Waals surface area (Å²) in [5.74, 6) is -0.235. The number of nitrogens with one attached hydrogen (secondary N) is 1. The standard InChI is InChI=1S/C21H22ClN5O4S/c1-32(30,31)21-23-9-6-16(24-21)18-19(13-2-4-15(22)5-3-13)25-26-20(18)14-7-10-27(11-8-14)17(29)12-28/h2-6,9,14,28H,7-8,10-12H2,1H3,(H,25,26). The second kappa shape index (κ2) is 8.97. The van der Waals surface area contributed by atoms with Crippen molar-refractivity contribution < 1.29 is 18.3 Å². The highest BCUT2D eigenvalue weighted by atomic mass is 35.5. The minimum absolute atomic E-state index is 0.0537. The third kappa shape index (κ3) is 4.52. The molecule has 3 aromatic rings. The number of benzene rings is 1. The lowest BCUT2D eigenvalue weighted by Crippen LogP contribution is -2.39. The van der Waals surface area contributed by atoms with E-state index in [2.05, 4.69) is 20.2 Å². The van der Waals surface area contributed by atoms with Gasteiger partial charge in [0.15, 0.2) is 0 Å². The minimum Gasteiger partial charge on any atom is -0.387 e. The molecule has 1 aliphatic heterocycles. The molecule has 1 fully saturated rings. The fourth-order valence-corrected chi connectivity index (χ4v) is 4.55. The summed E-state index contributed by atoms with van der Waals surface area (Å²) in [6.45, 7) is 0.518. The third-order valence-corrected chi connectivity index (χ3v) is 6.64. The minimum atomic E-state index is -3.60. The van der Waals surface area contributed by atoms with Crippen molar-refractivity contribution in [2.75, 3.05) is 26.0 Å². The largest absolute Gasteiger partial charge is 0.387 e. The van der Waals surface area contributed by atoms with Gasteiger partial charge in [-0.25, -0.2) is 18.4 Å². The zero-order valence-corrected chi connectivity index (χ0v) is 18.9. The third-order valence-electron chi connectivity index (χ3n) is 5.52. The van der Waals surface area contributed by atoms with Gasteiger partial charge in [-0.05, 0) is 31.0 Å². The Morgan fingerprint density at radius 1 is 1.22 bits per heavy atom. The maximum atomic E-state index is 12.0. The molecule has 168 valence electrons. The number of aliphatic hydroxyl groups excluding tert-OH is 1. The molecule has 1 aliphatic rings. The van der Waals surface area contributed by atoms with Gasteiger partial charge in [-0.3, -0.25) is 9.89 Å². The molecule has 2 N–H and O–H groups in total. The number of aromatic nitrogens is 4. The van der Waals surface area contributed by atoms with Crippen molar-refractivity contribution >= 4 is 27.3 Å². The molecular weight excluding hydrogens is 454 g/mol. The maximum absolute atomic E-state index is 12.0. The van der Waals surface area contributed by atoms with Gasteiger partial charge in [0.05, 0.1) is 5.69 Å². The molecule has 32 heavy (non-hydrogen) atoms. The van der Waals surface area contributed by atoms with Gasteiger partial charge in [-0.2, -0.15) is 5.10 Å². The van der Waals surface area contributed by atoms with E-state index in [1.165, 1.54) is 6.20 Å². The zero-order chi connectivity index (χ0) is 22.9. The Kier molecular flexibility index (Phi) is 6.27. The molecule has 0 aliphatic carbocycles. The number of nitrogens with zero attached hydrogens (tertiary/aromatic N) is 4. The molecule has 4 rings (SSSR count). The van der Waals surface area contributed by atoms with Gasteiger partial charge in [0.25, 0.3) is 0 Å². The molecule has 1 amide bonds. The smallest absolute Gasteiger partial charge is 0.248 e. The molecule has 0 atom stereocenters. The quantitative estimate of drug-likeness (QED) is 0.541. The predicted octanol–water partition coefficient (Wildman–Crippen LogP) is 2.29. The van der Waals surface area contributed by atoms with Crippen molar-refractivity contribution in [3.63, 3.8) is 0 Å². The van der Waals surface area contributed by atoms with Gasteiger partial charge in [0.2, 0.25) is 20.9 Å². The molecular formula is C21H22ClN5O4S.